The van der Waals surface area contributed by atoms with Crippen molar-refractivity contribution < 1.29 is 4.79 Å². The van der Waals surface area contributed by atoms with E-state index >= 15 is 0 Å². The number of ketones is 1. The van der Waals surface area contributed by atoms with E-state index in [2.05, 4.69) is 20.8 Å². The van der Waals surface area contributed by atoms with Crippen LogP contribution in [0.25, 0.3) is 0 Å². The molecule has 0 heterocycles. The summed E-state index contributed by atoms with van der Waals surface area (Å²) in [6.07, 6.45) is 16.9. The summed E-state index contributed by atoms with van der Waals surface area (Å²) >= 11 is 0. The van der Waals surface area contributed by atoms with Gasteiger partial charge in [0.05, 0.1) is 0 Å². The minimum atomic E-state index is 0.379. The number of carbonyl (C=O) groups is 1. The second-order valence-corrected chi connectivity index (χ2v) is 11.3. The quantitative estimate of drug-likeness (QED) is 0.526. The van der Waals surface area contributed by atoms with Gasteiger partial charge in [-0.3, -0.25) is 0 Å². The van der Waals surface area contributed by atoms with E-state index in [4.69, 9.17) is 0 Å². The van der Waals surface area contributed by atoms with Gasteiger partial charge in [-0.2, -0.15) is 0 Å². The van der Waals surface area contributed by atoms with E-state index in [0.29, 0.717) is 16.6 Å². The Hall–Kier alpha value is -0.330. The maximum absolute atomic E-state index is 11.5. The zero-order chi connectivity index (χ0) is 18.5. The molecular formula is C25H42O. The Morgan fingerprint density at radius 2 is 1.69 bits per heavy atom. The van der Waals surface area contributed by atoms with Gasteiger partial charge < -0.3 is 4.79 Å². The first kappa shape index (κ1) is 19.0. The van der Waals surface area contributed by atoms with Gasteiger partial charge in [0.15, 0.2) is 0 Å². The Labute approximate surface area is 162 Å². The summed E-state index contributed by atoms with van der Waals surface area (Å²) in [6, 6.07) is 0. The fourth-order valence-corrected chi connectivity index (χ4v) is 8.90. The fraction of sp³-hybridized carbons (Fsp3) is 0.960. The lowest BCUT2D eigenvalue weighted by Gasteiger charge is -2.61. The molecule has 0 N–H and O–H groups in total. The van der Waals surface area contributed by atoms with Crippen LogP contribution in [0.4, 0.5) is 0 Å². The predicted octanol–water partition coefficient (Wildman–Crippen LogP) is 7.04. The van der Waals surface area contributed by atoms with Crippen molar-refractivity contribution in [1.29, 1.82) is 0 Å². The highest BCUT2D eigenvalue weighted by Crippen LogP contribution is 2.68. The maximum atomic E-state index is 11.5. The van der Waals surface area contributed by atoms with Crippen molar-refractivity contribution in [3.8, 4) is 0 Å². The number of rotatable bonds is 4. The SMILES string of the molecule is CC(=O)CC[C@@H](C)C1CCC2C3CCC4CCCCC4(C)C3CCC21C. The van der Waals surface area contributed by atoms with E-state index in [9.17, 15) is 4.79 Å². The minimum Gasteiger partial charge on any atom is -0.300 e. The topological polar surface area (TPSA) is 17.1 Å². The van der Waals surface area contributed by atoms with Crippen molar-refractivity contribution in [3.63, 3.8) is 0 Å². The number of carbonyl (C=O) groups excluding carboxylic acids is 1. The molecule has 0 spiro atoms. The van der Waals surface area contributed by atoms with Gasteiger partial charge in [-0.1, -0.05) is 33.6 Å². The van der Waals surface area contributed by atoms with Gasteiger partial charge in [-0.05, 0) is 111 Å². The number of hydrogen-bond acceptors (Lipinski definition) is 1. The van der Waals surface area contributed by atoms with Crippen molar-refractivity contribution in [2.24, 2.45) is 46.3 Å². The van der Waals surface area contributed by atoms with E-state index in [0.717, 1.165) is 48.3 Å². The summed E-state index contributed by atoms with van der Waals surface area (Å²) in [4.78, 5) is 11.5. The van der Waals surface area contributed by atoms with Gasteiger partial charge in [-0.15, -0.1) is 0 Å². The maximum Gasteiger partial charge on any atom is 0.129 e. The van der Waals surface area contributed by atoms with Crippen LogP contribution in [-0.2, 0) is 4.79 Å². The molecule has 4 fully saturated rings. The zero-order valence-corrected chi connectivity index (χ0v) is 17.9. The first-order valence-corrected chi connectivity index (χ1v) is 11.9. The fourth-order valence-electron chi connectivity index (χ4n) is 8.90. The van der Waals surface area contributed by atoms with E-state index in [-0.39, 0.29) is 0 Å². The molecule has 0 aliphatic heterocycles. The van der Waals surface area contributed by atoms with Gasteiger partial charge in [-0.25, -0.2) is 0 Å². The Morgan fingerprint density at radius 1 is 0.923 bits per heavy atom. The molecule has 0 bridgehead atoms. The van der Waals surface area contributed by atoms with Crippen LogP contribution in [0.5, 0.6) is 0 Å². The average Bonchev–Trinajstić information content (AvgIpc) is 2.96. The molecular weight excluding hydrogens is 316 g/mol. The highest BCUT2D eigenvalue weighted by molar-refractivity contribution is 5.75. The van der Waals surface area contributed by atoms with Crippen LogP contribution in [0.2, 0.25) is 0 Å². The molecule has 1 heteroatoms. The third-order valence-electron chi connectivity index (χ3n) is 10.3. The molecule has 7 unspecified atom stereocenters. The Balaban J connectivity index is 1.52. The summed E-state index contributed by atoms with van der Waals surface area (Å²) in [5.74, 6) is 6.02. The van der Waals surface area contributed by atoms with Crippen LogP contribution in [0.3, 0.4) is 0 Å². The minimum absolute atomic E-state index is 0.379. The first-order chi connectivity index (χ1) is 12.4. The lowest BCUT2D eigenvalue weighted by atomic mass is 9.44. The molecule has 148 valence electrons. The second-order valence-electron chi connectivity index (χ2n) is 11.3. The lowest BCUT2D eigenvalue weighted by Crippen LogP contribution is -2.53. The summed E-state index contributed by atoms with van der Waals surface area (Å²) < 4.78 is 0. The van der Waals surface area contributed by atoms with Crippen molar-refractivity contribution in [2.75, 3.05) is 0 Å². The van der Waals surface area contributed by atoms with Crippen LogP contribution in [0.15, 0.2) is 0 Å². The molecule has 1 nitrogen and oxygen atoms in total. The number of fused-ring (bicyclic) bond motifs is 5. The Morgan fingerprint density at radius 3 is 2.46 bits per heavy atom. The molecule has 4 saturated carbocycles. The second kappa shape index (κ2) is 6.93. The standard InChI is InChI=1S/C25H42O/c1-17(8-9-18(2)26)21-12-13-22-20-11-10-19-7-5-6-15-24(19,3)23(20)14-16-25(21,22)4/h17,19-23H,5-16H2,1-4H3/t17-,19?,20?,21?,22?,23?,24?,25?/m1/s1. The van der Waals surface area contributed by atoms with Gasteiger partial charge in [0.2, 0.25) is 0 Å². The molecule has 0 saturated heterocycles. The van der Waals surface area contributed by atoms with Gasteiger partial charge in [0, 0.05) is 6.42 Å². The molecule has 8 atom stereocenters. The van der Waals surface area contributed by atoms with E-state index < -0.39 is 0 Å². The summed E-state index contributed by atoms with van der Waals surface area (Å²) in [7, 11) is 0. The van der Waals surface area contributed by atoms with Crippen molar-refractivity contribution in [1.82, 2.24) is 0 Å². The van der Waals surface area contributed by atoms with E-state index in [1.807, 2.05) is 0 Å². The lowest BCUT2D eigenvalue weighted by molar-refractivity contribution is -0.119. The molecule has 0 amide bonds. The van der Waals surface area contributed by atoms with Gasteiger partial charge >= 0.3 is 0 Å². The summed E-state index contributed by atoms with van der Waals surface area (Å²) in [5.41, 5.74) is 1.23. The van der Waals surface area contributed by atoms with Crippen molar-refractivity contribution in [3.05, 3.63) is 0 Å². The molecule has 0 aromatic rings. The van der Waals surface area contributed by atoms with Crippen LogP contribution in [0.1, 0.15) is 105 Å². The normalized spacial score (nSPS) is 49.0. The van der Waals surface area contributed by atoms with E-state index in [1.54, 1.807) is 6.92 Å². The number of Topliss-reactive ketones (excluding diaryl/α,β-unsaturated/α-hetero) is 1. The third-order valence-corrected chi connectivity index (χ3v) is 10.3. The zero-order valence-electron chi connectivity index (χ0n) is 17.9. The summed E-state index contributed by atoms with van der Waals surface area (Å²) in [6.45, 7) is 9.57. The predicted molar refractivity (Wildman–Crippen MR) is 109 cm³/mol. The van der Waals surface area contributed by atoms with Gasteiger partial charge in [0.25, 0.3) is 0 Å². The summed E-state index contributed by atoms with van der Waals surface area (Å²) in [5, 5.41) is 0. The molecule has 0 aromatic heterocycles. The van der Waals surface area contributed by atoms with Crippen LogP contribution >= 0.6 is 0 Å². The van der Waals surface area contributed by atoms with Crippen molar-refractivity contribution >= 4 is 5.78 Å². The largest absolute Gasteiger partial charge is 0.300 e. The monoisotopic (exact) mass is 358 g/mol. The van der Waals surface area contributed by atoms with E-state index in [1.165, 1.54) is 64.2 Å². The van der Waals surface area contributed by atoms with Crippen LogP contribution in [-0.4, -0.2) is 5.78 Å². The third kappa shape index (κ3) is 2.91. The van der Waals surface area contributed by atoms with Crippen LogP contribution < -0.4 is 0 Å². The highest BCUT2D eigenvalue weighted by Gasteiger charge is 2.59. The van der Waals surface area contributed by atoms with Crippen LogP contribution in [0, 0.1) is 46.3 Å². The Kier molecular flexibility index (Phi) is 5.06. The van der Waals surface area contributed by atoms with Crippen molar-refractivity contribution in [2.45, 2.75) is 105 Å². The molecule has 4 aliphatic carbocycles. The average molecular weight is 359 g/mol. The smallest absolute Gasteiger partial charge is 0.129 e. The molecule has 4 aliphatic rings. The molecule has 4 rings (SSSR count). The number of hydrogen-bond donors (Lipinski definition) is 0. The molecule has 0 aromatic carbocycles. The molecule has 0 radical (unpaired) electrons. The van der Waals surface area contributed by atoms with Gasteiger partial charge in [0.1, 0.15) is 5.78 Å². The Bertz CT molecular complexity index is 538. The first-order valence-electron chi connectivity index (χ1n) is 11.9. The highest BCUT2D eigenvalue weighted by atomic mass is 16.1. The molecule has 26 heavy (non-hydrogen) atoms.